The smallest absolute Gasteiger partial charge is 0.356 e. The lowest BCUT2D eigenvalue weighted by molar-refractivity contribution is 0.0689. The fourth-order valence-corrected chi connectivity index (χ4v) is 2.96. The Balaban J connectivity index is 1.76. The lowest BCUT2D eigenvalue weighted by atomic mass is 10.0. The molecule has 23 heavy (non-hydrogen) atoms. The third-order valence-electron chi connectivity index (χ3n) is 4.69. The van der Waals surface area contributed by atoms with Gasteiger partial charge in [-0.1, -0.05) is 0 Å². The van der Waals surface area contributed by atoms with Gasteiger partial charge in [-0.15, -0.1) is 0 Å². The van der Waals surface area contributed by atoms with E-state index in [4.69, 9.17) is 14.6 Å². The topological polar surface area (TPSA) is 73.6 Å². The molecular weight excluding hydrogens is 296 g/mol. The average Bonchev–Trinajstić information content (AvgIpc) is 3.22. The molecule has 2 heterocycles. The summed E-state index contributed by atoms with van der Waals surface area (Å²) in [6, 6.07) is 5.46. The van der Waals surface area contributed by atoms with Gasteiger partial charge in [-0.25, -0.2) is 4.79 Å². The van der Waals surface area contributed by atoms with E-state index in [1.165, 1.54) is 0 Å². The van der Waals surface area contributed by atoms with E-state index >= 15 is 0 Å². The zero-order chi connectivity index (χ0) is 16.2. The zero-order valence-corrected chi connectivity index (χ0v) is 13.1. The van der Waals surface area contributed by atoms with Crippen LogP contribution in [0.2, 0.25) is 0 Å². The maximum Gasteiger partial charge on any atom is 0.356 e. The molecule has 6 nitrogen and oxygen atoms in total. The summed E-state index contributed by atoms with van der Waals surface area (Å²) in [5.41, 5.74) is 2.87. The van der Waals surface area contributed by atoms with Crippen LogP contribution in [0, 0.1) is 12.3 Å². The molecule has 0 atom stereocenters. The van der Waals surface area contributed by atoms with Gasteiger partial charge in [-0.2, -0.15) is 5.10 Å². The number of carboxylic acids is 1. The minimum Gasteiger partial charge on any atom is -0.489 e. The average molecular weight is 314 g/mol. The van der Waals surface area contributed by atoms with Crippen molar-refractivity contribution >= 4 is 5.97 Å². The second kappa shape index (κ2) is 4.75. The van der Waals surface area contributed by atoms with Gasteiger partial charge in [-0.3, -0.25) is 4.68 Å². The van der Waals surface area contributed by atoms with Gasteiger partial charge >= 0.3 is 5.97 Å². The van der Waals surface area contributed by atoms with E-state index in [0.717, 1.165) is 35.4 Å². The van der Waals surface area contributed by atoms with E-state index in [1.54, 1.807) is 17.8 Å². The summed E-state index contributed by atoms with van der Waals surface area (Å²) in [7, 11) is 1.74. The summed E-state index contributed by atoms with van der Waals surface area (Å²) in [5.74, 6) is 0.442. The van der Waals surface area contributed by atoms with Gasteiger partial charge in [0.1, 0.15) is 0 Å². The summed E-state index contributed by atoms with van der Waals surface area (Å²) in [6.45, 7) is 3.35. The Labute approximate surface area is 133 Å². The molecule has 0 unspecified atom stereocenters. The highest BCUT2D eigenvalue weighted by Crippen LogP contribution is 2.49. The molecule has 2 aromatic rings. The highest BCUT2D eigenvalue weighted by Gasteiger charge is 2.46. The molecule has 1 aromatic carbocycles. The second-order valence-corrected chi connectivity index (χ2v) is 6.53. The van der Waals surface area contributed by atoms with E-state index in [-0.39, 0.29) is 11.1 Å². The number of aryl methyl sites for hydroxylation is 2. The lowest BCUT2D eigenvalue weighted by Gasteiger charge is -2.12. The first kappa shape index (κ1) is 14.1. The van der Waals surface area contributed by atoms with Crippen LogP contribution in [0.3, 0.4) is 0 Å². The number of ether oxygens (including phenoxy) is 2. The Bertz CT molecular complexity index is 805. The van der Waals surface area contributed by atoms with Gasteiger partial charge in [-0.05, 0) is 43.5 Å². The van der Waals surface area contributed by atoms with Gasteiger partial charge in [0.05, 0.1) is 18.9 Å². The first-order chi connectivity index (χ1) is 11.0. The van der Waals surface area contributed by atoms with E-state index in [2.05, 4.69) is 5.10 Å². The Morgan fingerprint density at radius 1 is 1.22 bits per heavy atom. The highest BCUT2D eigenvalue weighted by atomic mass is 16.5. The number of aromatic carboxylic acids is 1. The van der Waals surface area contributed by atoms with Gasteiger partial charge in [0.25, 0.3) is 0 Å². The molecule has 1 aliphatic heterocycles. The predicted molar refractivity (Wildman–Crippen MR) is 83.0 cm³/mol. The highest BCUT2D eigenvalue weighted by molar-refractivity contribution is 5.87. The molecule has 1 saturated carbocycles. The van der Waals surface area contributed by atoms with Crippen molar-refractivity contribution in [2.24, 2.45) is 12.5 Å². The van der Waals surface area contributed by atoms with E-state index in [0.29, 0.717) is 19.0 Å². The minimum absolute atomic E-state index is 0.0333. The van der Waals surface area contributed by atoms with Crippen LogP contribution in [0.1, 0.15) is 28.9 Å². The number of carboxylic acid groups (broad SMARTS) is 1. The largest absolute Gasteiger partial charge is 0.489 e. The van der Waals surface area contributed by atoms with Gasteiger partial charge in [0, 0.05) is 18.0 Å². The molecule has 0 amide bonds. The number of hydrogen-bond donors (Lipinski definition) is 1. The third kappa shape index (κ3) is 2.34. The summed E-state index contributed by atoms with van der Waals surface area (Å²) in [5, 5.41) is 13.1. The predicted octanol–water partition coefficient (Wildman–Crippen LogP) is 2.65. The van der Waals surface area contributed by atoms with Crippen molar-refractivity contribution < 1.29 is 19.4 Å². The number of aromatic nitrogens is 2. The first-order valence-corrected chi connectivity index (χ1v) is 7.65. The van der Waals surface area contributed by atoms with Gasteiger partial charge in [0.15, 0.2) is 17.2 Å². The van der Waals surface area contributed by atoms with Crippen LogP contribution in [-0.2, 0) is 7.05 Å². The fourth-order valence-electron chi connectivity index (χ4n) is 2.96. The van der Waals surface area contributed by atoms with Crippen molar-refractivity contribution in [3.63, 3.8) is 0 Å². The van der Waals surface area contributed by atoms with E-state index < -0.39 is 5.97 Å². The molecule has 1 aromatic heterocycles. The summed E-state index contributed by atoms with van der Waals surface area (Å²) in [4.78, 5) is 11.1. The maximum atomic E-state index is 11.1. The molecule has 0 bridgehead atoms. The van der Waals surface area contributed by atoms with Crippen molar-refractivity contribution in [1.29, 1.82) is 0 Å². The summed E-state index contributed by atoms with van der Waals surface area (Å²) >= 11 is 0. The van der Waals surface area contributed by atoms with E-state index in [1.807, 2.05) is 19.1 Å². The number of fused-ring (bicyclic) bond motifs is 1. The molecule has 1 spiro atoms. The molecular formula is C17H18N2O4. The molecule has 0 saturated heterocycles. The minimum atomic E-state index is -1.03. The molecule has 1 N–H and O–H groups in total. The number of rotatable bonds is 2. The Hall–Kier alpha value is -2.50. The second-order valence-electron chi connectivity index (χ2n) is 6.53. The monoisotopic (exact) mass is 314 g/mol. The molecule has 0 radical (unpaired) electrons. The SMILES string of the molecule is Cc1cc2c(cc1-c1cc(C(=O)O)nn1C)OCC1(CC1)CO2. The van der Waals surface area contributed by atoms with Gasteiger partial charge in [0.2, 0.25) is 0 Å². The normalized spacial score (nSPS) is 17.8. The summed E-state index contributed by atoms with van der Waals surface area (Å²) in [6.07, 6.45) is 2.30. The van der Waals surface area contributed by atoms with Crippen LogP contribution in [0.15, 0.2) is 18.2 Å². The van der Waals surface area contributed by atoms with Crippen LogP contribution in [0.5, 0.6) is 11.5 Å². The molecule has 1 aliphatic carbocycles. The molecule has 4 rings (SSSR count). The molecule has 120 valence electrons. The van der Waals surface area contributed by atoms with Crippen LogP contribution in [0.25, 0.3) is 11.3 Å². The van der Waals surface area contributed by atoms with Crippen molar-refractivity contribution in [1.82, 2.24) is 9.78 Å². The number of nitrogens with zero attached hydrogens (tertiary/aromatic N) is 2. The zero-order valence-electron chi connectivity index (χ0n) is 13.1. The van der Waals surface area contributed by atoms with Crippen molar-refractivity contribution in [3.05, 3.63) is 29.5 Å². The van der Waals surface area contributed by atoms with Crippen LogP contribution in [0.4, 0.5) is 0 Å². The number of carbonyl (C=O) groups is 1. The molecule has 1 fully saturated rings. The molecule has 2 aliphatic rings. The standard InChI is InChI=1S/C17H18N2O4/c1-10-5-14-15(23-9-17(3-4-17)8-22-14)6-11(10)13-7-12(16(20)21)18-19(13)2/h5-7H,3-4,8-9H2,1-2H3,(H,20,21). The number of hydrogen-bond acceptors (Lipinski definition) is 4. The van der Waals surface area contributed by atoms with Crippen molar-refractivity contribution in [2.75, 3.05) is 13.2 Å². The maximum absolute atomic E-state index is 11.1. The Kier molecular flexibility index (Phi) is 2.91. The third-order valence-corrected chi connectivity index (χ3v) is 4.69. The molecule has 6 heteroatoms. The Morgan fingerprint density at radius 2 is 1.87 bits per heavy atom. The summed E-state index contributed by atoms with van der Waals surface area (Å²) < 4.78 is 13.5. The number of benzene rings is 1. The van der Waals surface area contributed by atoms with Crippen molar-refractivity contribution in [2.45, 2.75) is 19.8 Å². The van der Waals surface area contributed by atoms with Crippen LogP contribution >= 0.6 is 0 Å². The van der Waals surface area contributed by atoms with E-state index in [9.17, 15) is 4.79 Å². The van der Waals surface area contributed by atoms with Gasteiger partial charge < -0.3 is 14.6 Å². The lowest BCUT2D eigenvalue weighted by Crippen LogP contribution is -2.17. The fraction of sp³-hybridized carbons (Fsp3) is 0.412. The first-order valence-electron chi connectivity index (χ1n) is 7.65. The van der Waals surface area contributed by atoms with Crippen molar-refractivity contribution in [3.8, 4) is 22.8 Å². The Morgan fingerprint density at radius 3 is 2.43 bits per heavy atom. The van der Waals surface area contributed by atoms with Crippen LogP contribution < -0.4 is 9.47 Å². The van der Waals surface area contributed by atoms with Crippen LogP contribution in [-0.4, -0.2) is 34.1 Å². The quantitative estimate of drug-likeness (QED) is 0.922.